The Hall–Kier alpha value is -2.08. The fourth-order valence-electron chi connectivity index (χ4n) is 2.18. The number of halogens is 1. The van der Waals surface area contributed by atoms with Gasteiger partial charge in [-0.05, 0) is 19.1 Å². The van der Waals surface area contributed by atoms with Crippen molar-refractivity contribution in [1.29, 1.82) is 0 Å². The molecule has 0 spiro atoms. The van der Waals surface area contributed by atoms with Crippen molar-refractivity contribution < 1.29 is 19.5 Å². The lowest BCUT2D eigenvalue weighted by Gasteiger charge is -2.18. The van der Waals surface area contributed by atoms with E-state index in [0.717, 1.165) is 0 Å². The lowest BCUT2D eigenvalue weighted by atomic mass is 10.1. The van der Waals surface area contributed by atoms with Gasteiger partial charge in [0.25, 0.3) is 0 Å². The zero-order chi connectivity index (χ0) is 15.6. The van der Waals surface area contributed by atoms with Gasteiger partial charge in [0.1, 0.15) is 6.04 Å². The number of carboxylic acids is 1. The normalized spacial score (nSPS) is 19.4. The van der Waals surface area contributed by atoms with Gasteiger partial charge in [-0.25, -0.2) is 0 Å². The number of hydrogen-bond acceptors (Lipinski definition) is 3. The van der Waals surface area contributed by atoms with Gasteiger partial charge in [-0.15, -0.1) is 0 Å². The molecule has 21 heavy (non-hydrogen) atoms. The third-order valence-electron chi connectivity index (χ3n) is 3.37. The first-order valence-electron chi connectivity index (χ1n) is 6.48. The largest absolute Gasteiger partial charge is 0.480 e. The van der Waals surface area contributed by atoms with E-state index in [0.29, 0.717) is 10.7 Å². The summed E-state index contributed by atoms with van der Waals surface area (Å²) >= 11 is 6.05. The molecular weight excluding hydrogens is 296 g/mol. The summed E-state index contributed by atoms with van der Waals surface area (Å²) in [5.74, 6) is -2.33. The first kappa shape index (κ1) is 15.3. The van der Waals surface area contributed by atoms with E-state index in [1.54, 1.807) is 24.3 Å². The predicted molar refractivity (Wildman–Crippen MR) is 77.2 cm³/mol. The van der Waals surface area contributed by atoms with Crippen LogP contribution < -0.4 is 10.2 Å². The Balaban J connectivity index is 2.08. The van der Waals surface area contributed by atoms with Crippen molar-refractivity contribution >= 4 is 35.1 Å². The highest BCUT2D eigenvalue weighted by molar-refractivity contribution is 6.33. The second-order valence-electron chi connectivity index (χ2n) is 4.93. The quantitative estimate of drug-likeness (QED) is 0.877. The van der Waals surface area contributed by atoms with Gasteiger partial charge in [-0.3, -0.25) is 14.4 Å². The number of nitrogens with one attached hydrogen (secondary N) is 1. The summed E-state index contributed by atoms with van der Waals surface area (Å²) < 4.78 is 0. The summed E-state index contributed by atoms with van der Waals surface area (Å²) in [5.41, 5.74) is 0.561. The number of amides is 2. The Morgan fingerprint density at radius 1 is 1.43 bits per heavy atom. The predicted octanol–water partition coefficient (Wildman–Crippen LogP) is 1.28. The number of rotatable bonds is 4. The molecule has 2 N–H and O–H groups in total. The molecule has 1 aliphatic rings. The molecular formula is C14H15ClN2O4. The van der Waals surface area contributed by atoms with Gasteiger partial charge >= 0.3 is 5.97 Å². The van der Waals surface area contributed by atoms with E-state index in [4.69, 9.17) is 16.7 Å². The van der Waals surface area contributed by atoms with Gasteiger partial charge < -0.3 is 15.3 Å². The molecule has 7 heteroatoms. The highest BCUT2D eigenvalue weighted by Crippen LogP contribution is 2.30. The molecule has 2 atom stereocenters. The van der Waals surface area contributed by atoms with Gasteiger partial charge in [-0.1, -0.05) is 23.7 Å². The number of carboxylic acid groups (broad SMARTS) is 1. The number of anilines is 1. The van der Waals surface area contributed by atoms with Crippen LogP contribution >= 0.6 is 11.6 Å². The van der Waals surface area contributed by atoms with Crippen LogP contribution in [0.4, 0.5) is 5.69 Å². The van der Waals surface area contributed by atoms with E-state index in [1.807, 2.05) is 0 Å². The number of aliphatic carboxylic acids is 1. The Bertz CT molecular complexity index is 590. The molecule has 6 nitrogen and oxygen atoms in total. The van der Waals surface area contributed by atoms with E-state index in [9.17, 15) is 14.4 Å². The fourth-order valence-corrected chi connectivity index (χ4v) is 2.42. The second-order valence-corrected chi connectivity index (χ2v) is 5.33. The molecule has 1 aromatic rings. The molecule has 1 fully saturated rings. The number of nitrogens with zero attached hydrogens (tertiary/aromatic N) is 1. The van der Waals surface area contributed by atoms with Crippen LogP contribution in [0, 0.1) is 5.92 Å². The van der Waals surface area contributed by atoms with Gasteiger partial charge in [-0.2, -0.15) is 0 Å². The van der Waals surface area contributed by atoms with Crippen LogP contribution in [0.15, 0.2) is 24.3 Å². The van der Waals surface area contributed by atoms with Crippen LogP contribution in [0.2, 0.25) is 5.02 Å². The average Bonchev–Trinajstić information content (AvgIpc) is 2.81. The number of benzene rings is 1. The van der Waals surface area contributed by atoms with Gasteiger partial charge in [0.05, 0.1) is 16.6 Å². The Labute approximate surface area is 126 Å². The van der Waals surface area contributed by atoms with Crippen molar-refractivity contribution in [3.05, 3.63) is 29.3 Å². The highest BCUT2D eigenvalue weighted by atomic mass is 35.5. The van der Waals surface area contributed by atoms with Crippen LogP contribution in [0.3, 0.4) is 0 Å². The molecule has 0 saturated carbocycles. The van der Waals surface area contributed by atoms with Crippen molar-refractivity contribution in [2.75, 3.05) is 11.4 Å². The van der Waals surface area contributed by atoms with E-state index in [-0.39, 0.29) is 18.9 Å². The van der Waals surface area contributed by atoms with E-state index in [2.05, 4.69) is 5.32 Å². The monoisotopic (exact) mass is 310 g/mol. The maximum absolute atomic E-state index is 12.0. The molecule has 1 aliphatic heterocycles. The van der Waals surface area contributed by atoms with Crippen molar-refractivity contribution in [2.45, 2.75) is 19.4 Å². The standard InChI is InChI=1S/C14H15ClN2O4/c1-8(14(20)21)16-13(19)9-6-12(18)17(7-9)11-5-3-2-4-10(11)15/h2-5,8-9H,6-7H2,1H3,(H,16,19)(H,20,21)/t8-,9?/m1/s1. The first-order valence-corrected chi connectivity index (χ1v) is 6.86. The minimum absolute atomic E-state index is 0.0450. The average molecular weight is 311 g/mol. The van der Waals surface area contributed by atoms with E-state index >= 15 is 0 Å². The number of carbonyl (C=O) groups is 3. The van der Waals surface area contributed by atoms with Gasteiger partial charge in [0.15, 0.2) is 0 Å². The molecule has 1 unspecified atom stereocenters. The first-order chi connectivity index (χ1) is 9.90. The molecule has 2 amide bonds. The molecule has 112 valence electrons. The Kier molecular flexibility index (Phi) is 4.47. The van der Waals surface area contributed by atoms with E-state index < -0.39 is 23.8 Å². The summed E-state index contributed by atoms with van der Waals surface area (Å²) in [5, 5.41) is 11.6. The van der Waals surface area contributed by atoms with Crippen molar-refractivity contribution in [1.82, 2.24) is 5.32 Å². The summed E-state index contributed by atoms with van der Waals surface area (Å²) in [7, 11) is 0. The van der Waals surface area contributed by atoms with Crippen molar-refractivity contribution in [3.8, 4) is 0 Å². The second kappa shape index (κ2) is 6.13. The highest BCUT2D eigenvalue weighted by Gasteiger charge is 2.36. The van der Waals surface area contributed by atoms with Crippen molar-refractivity contribution in [2.24, 2.45) is 5.92 Å². The Morgan fingerprint density at radius 3 is 2.71 bits per heavy atom. The van der Waals surface area contributed by atoms with Gasteiger partial charge in [0, 0.05) is 13.0 Å². The van der Waals surface area contributed by atoms with Crippen LogP contribution in [0.1, 0.15) is 13.3 Å². The summed E-state index contributed by atoms with van der Waals surface area (Å²) in [4.78, 5) is 36.2. The molecule has 0 radical (unpaired) electrons. The SMILES string of the molecule is C[C@@H](NC(=O)C1CC(=O)N(c2ccccc2Cl)C1)C(=O)O. The zero-order valence-corrected chi connectivity index (χ0v) is 12.1. The lowest BCUT2D eigenvalue weighted by Crippen LogP contribution is -2.42. The van der Waals surface area contributed by atoms with Crippen LogP contribution in [0.5, 0.6) is 0 Å². The molecule has 2 rings (SSSR count). The fraction of sp³-hybridized carbons (Fsp3) is 0.357. The van der Waals surface area contributed by atoms with Crippen LogP contribution in [-0.4, -0.2) is 35.5 Å². The molecule has 0 aromatic heterocycles. The number of para-hydroxylation sites is 1. The zero-order valence-electron chi connectivity index (χ0n) is 11.4. The molecule has 1 heterocycles. The molecule has 0 bridgehead atoms. The Morgan fingerprint density at radius 2 is 2.10 bits per heavy atom. The number of carbonyl (C=O) groups excluding carboxylic acids is 2. The van der Waals surface area contributed by atoms with Gasteiger partial charge in [0.2, 0.25) is 11.8 Å². The maximum atomic E-state index is 12.0. The summed E-state index contributed by atoms with van der Waals surface area (Å²) in [6, 6.07) is 5.91. The minimum atomic E-state index is -1.12. The molecule has 0 aliphatic carbocycles. The van der Waals surface area contributed by atoms with E-state index in [1.165, 1.54) is 11.8 Å². The molecule has 1 aromatic carbocycles. The smallest absolute Gasteiger partial charge is 0.325 e. The summed E-state index contributed by atoms with van der Waals surface area (Å²) in [6.07, 6.45) is 0.0450. The maximum Gasteiger partial charge on any atom is 0.325 e. The van der Waals surface area contributed by atoms with Crippen molar-refractivity contribution in [3.63, 3.8) is 0 Å². The van der Waals surface area contributed by atoms with Crippen LogP contribution in [0.25, 0.3) is 0 Å². The third-order valence-corrected chi connectivity index (χ3v) is 3.69. The summed E-state index contributed by atoms with van der Waals surface area (Å²) in [6.45, 7) is 1.57. The lowest BCUT2D eigenvalue weighted by molar-refractivity contribution is -0.141. The topological polar surface area (TPSA) is 86.7 Å². The third kappa shape index (κ3) is 3.33. The number of hydrogen-bond donors (Lipinski definition) is 2. The minimum Gasteiger partial charge on any atom is -0.480 e. The van der Waals surface area contributed by atoms with Crippen LogP contribution in [-0.2, 0) is 14.4 Å². The molecule has 1 saturated heterocycles.